The first-order valence-corrected chi connectivity index (χ1v) is 11.0. The van der Waals surface area contributed by atoms with E-state index in [9.17, 15) is 10.2 Å². The lowest BCUT2D eigenvalue weighted by atomic mass is 9.74. The highest BCUT2D eigenvalue weighted by Crippen LogP contribution is 2.36. The van der Waals surface area contributed by atoms with Crippen LogP contribution in [0.3, 0.4) is 0 Å². The van der Waals surface area contributed by atoms with Gasteiger partial charge in [0.25, 0.3) is 6.47 Å². The molecule has 2 fully saturated rings. The SMILES string of the molecule is CCC[C@@]1(CO)CN(C2CCN(CCc3ccccc3)CC2)CC[C@@H]1O.O=CO. The number of aliphatic hydroxyl groups excluding tert-OH is 2. The molecule has 3 rings (SSSR count). The molecular weight excluding hydrogens is 368 g/mol. The van der Waals surface area contributed by atoms with Crippen molar-refractivity contribution >= 4 is 6.47 Å². The van der Waals surface area contributed by atoms with Crippen molar-refractivity contribution in [1.29, 1.82) is 0 Å². The van der Waals surface area contributed by atoms with Gasteiger partial charge in [-0.1, -0.05) is 43.7 Å². The number of aliphatic hydroxyl groups is 2. The van der Waals surface area contributed by atoms with E-state index < -0.39 is 0 Å². The van der Waals surface area contributed by atoms with Crippen molar-refractivity contribution in [2.24, 2.45) is 5.41 Å². The Labute approximate surface area is 175 Å². The second-order valence-electron chi connectivity index (χ2n) is 8.46. The maximum atomic E-state index is 10.5. The van der Waals surface area contributed by atoms with Crippen LogP contribution in [0.2, 0.25) is 0 Å². The minimum Gasteiger partial charge on any atom is -0.483 e. The third kappa shape index (κ3) is 6.78. The third-order valence-corrected chi connectivity index (χ3v) is 6.61. The number of hydrogen-bond donors (Lipinski definition) is 3. The van der Waals surface area contributed by atoms with Gasteiger partial charge in [-0.25, -0.2) is 0 Å². The third-order valence-electron chi connectivity index (χ3n) is 6.61. The average molecular weight is 407 g/mol. The van der Waals surface area contributed by atoms with E-state index in [1.807, 2.05) is 0 Å². The van der Waals surface area contributed by atoms with Crippen LogP contribution >= 0.6 is 0 Å². The largest absolute Gasteiger partial charge is 0.483 e. The number of carbonyl (C=O) groups is 1. The molecule has 0 amide bonds. The lowest BCUT2D eigenvalue weighted by Crippen LogP contribution is -2.57. The summed E-state index contributed by atoms with van der Waals surface area (Å²) in [5, 5.41) is 27.4. The van der Waals surface area contributed by atoms with Gasteiger partial charge in [0.1, 0.15) is 0 Å². The Bertz CT molecular complexity index is 578. The van der Waals surface area contributed by atoms with E-state index in [1.165, 1.54) is 18.4 Å². The van der Waals surface area contributed by atoms with Gasteiger partial charge in [0.05, 0.1) is 12.7 Å². The fourth-order valence-corrected chi connectivity index (χ4v) is 4.91. The Balaban J connectivity index is 0.000000941. The Kier molecular flexibility index (Phi) is 10.1. The van der Waals surface area contributed by atoms with Gasteiger partial charge in [-0.05, 0) is 50.8 Å². The molecule has 3 N–H and O–H groups in total. The van der Waals surface area contributed by atoms with Crippen molar-refractivity contribution in [3.63, 3.8) is 0 Å². The van der Waals surface area contributed by atoms with Crippen LogP contribution < -0.4 is 0 Å². The Morgan fingerprint density at radius 2 is 1.79 bits per heavy atom. The summed E-state index contributed by atoms with van der Waals surface area (Å²) in [4.78, 5) is 13.5. The number of rotatable bonds is 7. The predicted octanol–water partition coefficient (Wildman–Crippen LogP) is 2.24. The van der Waals surface area contributed by atoms with Crippen molar-refractivity contribution in [1.82, 2.24) is 9.80 Å². The molecule has 2 aliphatic rings. The number of benzene rings is 1. The number of nitrogens with zero attached hydrogens (tertiary/aromatic N) is 2. The monoisotopic (exact) mass is 406 g/mol. The molecule has 0 spiro atoms. The van der Waals surface area contributed by atoms with Crippen LogP contribution in [-0.4, -0.2) is 83.1 Å². The first-order valence-electron chi connectivity index (χ1n) is 11.0. The van der Waals surface area contributed by atoms with Gasteiger partial charge in [0.2, 0.25) is 0 Å². The van der Waals surface area contributed by atoms with Crippen molar-refractivity contribution in [3.05, 3.63) is 35.9 Å². The highest BCUT2D eigenvalue weighted by molar-refractivity contribution is 5.32. The Hall–Kier alpha value is -1.47. The summed E-state index contributed by atoms with van der Waals surface area (Å²) in [7, 11) is 0. The molecule has 0 unspecified atom stereocenters. The summed E-state index contributed by atoms with van der Waals surface area (Å²) in [6, 6.07) is 11.4. The molecule has 2 heterocycles. The summed E-state index contributed by atoms with van der Waals surface area (Å²) in [6.07, 6.45) is 5.92. The molecule has 29 heavy (non-hydrogen) atoms. The van der Waals surface area contributed by atoms with E-state index in [1.54, 1.807) is 0 Å². The fraction of sp³-hybridized carbons (Fsp3) is 0.696. The topological polar surface area (TPSA) is 84.2 Å². The summed E-state index contributed by atoms with van der Waals surface area (Å²) in [5.74, 6) is 0. The standard InChI is InChI=1S/C22H36N2O2.CH2O2/c1-2-12-22(18-25)17-24(16-11-21(22)26)20-9-14-23(15-10-20)13-8-19-6-4-3-5-7-19;2-1-3/h3-7,20-21,25-26H,2,8-18H2,1H3;1H,(H,2,3)/t21-,22-;/m0./s1. The van der Waals surface area contributed by atoms with Gasteiger partial charge in [-0.2, -0.15) is 0 Å². The number of carboxylic acid groups (broad SMARTS) is 1. The molecule has 2 aliphatic heterocycles. The Morgan fingerprint density at radius 1 is 1.14 bits per heavy atom. The zero-order valence-electron chi connectivity index (χ0n) is 17.7. The van der Waals surface area contributed by atoms with Crippen LogP contribution in [0, 0.1) is 5.41 Å². The van der Waals surface area contributed by atoms with Gasteiger partial charge in [0.15, 0.2) is 0 Å². The smallest absolute Gasteiger partial charge is 0.290 e. The van der Waals surface area contributed by atoms with E-state index >= 15 is 0 Å². The summed E-state index contributed by atoms with van der Waals surface area (Å²) >= 11 is 0. The van der Waals surface area contributed by atoms with E-state index in [0.717, 1.165) is 58.4 Å². The normalized spacial score (nSPS) is 26.5. The van der Waals surface area contributed by atoms with Crippen molar-refractivity contribution < 1.29 is 20.1 Å². The van der Waals surface area contributed by atoms with Gasteiger partial charge in [0, 0.05) is 31.1 Å². The number of likely N-dealkylation sites (tertiary alicyclic amines) is 2. The van der Waals surface area contributed by atoms with Crippen LogP contribution in [0.4, 0.5) is 0 Å². The van der Waals surface area contributed by atoms with Crippen molar-refractivity contribution in [2.75, 3.05) is 39.3 Å². The second-order valence-corrected chi connectivity index (χ2v) is 8.46. The summed E-state index contributed by atoms with van der Waals surface area (Å²) < 4.78 is 0. The minimum atomic E-state index is -0.352. The molecule has 1 aromatic carbocycles. The molecule has 164 valence electrons. The molecule has 2 saturated heterocycles. The molecule has 6 nitrogen and oxygen atoms in total. The molecule has 0 radical (unpaired) electrons. The molecule has 0 aromatic heterocycles. The average Bonchev–Trinajstić information content (AvgIpc) is 2.76. The predicted molar refractivity (Wildman–Crippen MR) is 115 cm³/mol. The van der Waals surface area contributed by atoms with Crippen LogP contribution in [-0.2, 0) is 11.2 Å². The quantitative estimate of drug-likeness (QED) is 0.603. The minimum absolute atomic E-state index is 0.106. The molecule has 1 aromatic rings. The van der Waals surface area contributed by atoms with Crippen molar-refractivity contribution in [3.8, 4) is 0 Å². The maximum Gasteiger partial charge on any atom is 0.290 e. The molecule has 6 heteroatoms. The lowest BCUT2D eigenvalue weighted by molar-refractivity contribution is -0.122. The highest BCUT2D eigenvalue weighted by Gasteiger charge is 2.43. The number of piperidine rings is 2. The molecule has 2 atom stereocenters. The van der Waals surface area contributed by atoms with Gasteiger partial charge in [-0.3, -0.25) is 9.69 Å². The molecular formula is C23H38N2O4. The van der Waals surface area contributed by atoms with E-state index in [2.05, 4.69) is 47.1 Å². The molecule has 0 saturated carbocycles. The van der Waals surface area contributed by atoms with Crippen molar-refractivity contribution in [2.45, 2.75) is 57.6 Å². The zero-order valence-corrected chi connectivity index (χ0v) is 17.7. The Morgan fingerprint density at radius 3 is 2.38 bits per heavy atom. The first-order chi connectivity index (χ1) is 14.1. The van der Waals surface area contributed by atoms with Gasteiger partial charge < -0.3 is 20.2 Å². The molecule has 0 bridgehead atoms. The summed E-state index contributed by atoms with van der Waals surface area (Å²) in [5.41, 5.74) is 1.11. The van der Waals surface area contributed by atoms with Crippen LogP contribution in [0.5, 0.6) is 0 Å². The number of hydrogen-bond acceptors (Lipinski definition) is 5. The lowest BCUT2D eigenvalue weighted by Gasteiger charge is -2.49. The van der Waals surface area contributed by atoms with Crippen LogP contribution in [0.1, 0.15) is 44.6 Å². The van der Waals surface area contributed by atoms with Gasteiger partial charge in [-0.15, -0.1) is 0 Å². The summed E-state index contributed by atoms with van der Waals surface area (Å²) in [6.45, 7) is 7.30. The van der Waals surface area contributed by atoms with Gasteiger partial charge >= 0.3 is 0 Å². The first kappa shape index (κ1) is 23.8. The maximum absolute atomic E-state index is 10.5. The molecule has 0 aliphatic carbocycles. The van der Waals surface area contributed by atoms with E-state index in [4.69, 9.17) is 9.90 Å². The highest BCUT2D eigenvalue weighted by atomic mass is 16.3. The van der Waals surface area contributed by atoms with E-state index in [0.29, 0.717) is 6.04 Å². The fourth-order valence-electron chi connectivity index (χ4n) is 4.91. The van der Waals surface area contributed by atoms with Crippen LogP contribution in [0.15, 0.2) is 30.3 Å². The van der Waals surface area contributed by atoms with E-state index in [-0.39, 0.29) is 24.6 Å². The zero-order chi connectivity index (χ0) is 21.1. The van der Waals surface area contributed by atoms with Crippen LogP contribution in [0.25, 0.3) is 0 Å². The second kappa shape index (κ2) is 12.3.